The highest BCUT2D eigenvalue weighted by Gasteiger charge is 2.09. The van der Waals surface area contributed by atoms with Gasteiger partial charge in [0, 0.05) is 19.8 Å². The SMILES string of the molecule is Cl.O=c1[nH]c2c(O)ccc(CCNCCOCCCOCCc3ccccc3)c2s1. The van der Waals surface area contributed by atoms with Gasteiger partial charge in [0.1, 0.15) is 11.3 Å². The van der Waals surface area contributed by atoms with E-state index in [1.54, 1.807) is 6.07 Å². The molecule has 3 N–H and O–H groups in total. The van der Waals surface area contributed by atoms with Gasteiger partial charge in [-0.2, -0.15) is 0 Å². The van der Waals surface area contributed by atoms with Gasteiger partial charge >= 0.3 is 4.87 Å². The Bertz CT molecular complexity index is 930. The number of benzene rings is 2. The summed E-state index contributed by atoms with van der Waals surface area (Å²) < 4.78 is 12.1. The predicted octanol–water partition coefficient (Wildman–Crippen LogP) is 3.52. The highest BCUT2D eigenvalue weighted by atomic mass is 35.5. The Morgan fingerprint density at radius 1 is 0.933 bits per heavy atom. The molecule has 30 heavy (non-hydrogen) atoms. The summed E-state index contributed by atoms with van der Waals surface area (Å²) in [7, 11) is 0. The molecule has 0 saturated carbocycles. The molecule has 0 amide bonds. The summed E-state index contributed by atoms with van der Waals surface area (Å²) >= 11 is 1.14. The van der Waals surface area contributed by atoms with E-state index in [-0.39, 0.29) is 23.0 Å². The monoisotopic (exact) mass is 452 g/mol. The summed E-state index contributed by atoms with van der Waals surface area (Å²) in [5, 5.41) is 13.2. The number of fused-ring (bicyclic) bond motifs is 1. The van der Waals surface area contributed by atoms with Gasteiger partial charge in [0.25, 0.3) is 0 Å². The summed E-state index contributed by atoms with van der Waals surface area (Å²) in [6.45, 7) is 4.38. The molecule has 0 fully saturated rings. The van der Waals surface area contributed by atoms with Crippen LogP contribution in [0.15, 0.2) is 47.3 Å². The number of aromatic hydroxyl groups is 1. The van der Waals surface area contributed by atoms with E-state index in [0.717, 1.165) is 67.2 Å². The zero-order valence-electron chi connectivity index (χ0n) is 16.9. The standard InChI is InChI=1S/C22H28N2O4S.ClH/c25-19-8-7-18(21-20(19)24-22(26)29-21)9-11-23-12-16-28-14-4-13-27-15-10-17-5-2-1-3-6-17;/h1-3,5-8,23,25H,4,9-16H2,(H,24,26);1H. The Morgan fingerprint density at radius 3 is 2.50 bits per heavy atom. The third-order valence-electron chi connectivity index (χ3n) is 4.59. The Kier molecular flexibility index (Phi) is 10.9. The number of nitrogens with one attached hydrogen (secondary N) is 2. The molecule has 0 bridgehead atoms. The number of ether oxygens (including phenoxy) is 2. The highest BCUT2D eigenvalue weighted by molar-refractivity contribution is 7.16. The maximum atomic E-state index is 11.5. The van der Waals surface area contributed by atoms with E-state index >= 15 is 0 Å². The van der Waals surface area contributed by atoms with Crippen LogP contribution in [-0.4, -0.2) is 49.6 Å². The number of rotatable bonds is 13. The second kappa shape index (κ2) is 13.4. The number of H-pyrrole nitrogens is 1. The fourth-order valence-electron chi connectivity index (χ4n) is 3.06. The van der Waals surface area contributed by atoms with Crippen molar-refractivity contribution in [1.29, 1.82) is 0 Å². The molecule has 6 nitrogen and oxygen atoms in total. The minimum Gasteiger partial charge on any atom is -0.506 e. The number of phenolic OH excluding ortho intramolecular Hbond substituents is 1. The van der Waals surface area contributed by atoms with Crippen molar-refractivity contribution in [2.75, 3.05) is 39.5 Å². The van der Waals surface area contributed by atoms with E-state index in [1.807, 2.05) is 24.3 Å². The first kappa shape index (κ1) is 24.4. The smallest absolute Gasteiger partial charge is 0.305 e. The lowest BCUT2D eigenvalue weighted by Crippen LogP contribution is -2.22. The molecule has 0 spiro atoms. The van der Waals surface area contributed by atoms with Gasteiger partial charge in [0.05, 0.1) is 17.9 Å². The maximum Gasteiger partial charge on any atom is 0.305 e. The molecule has 1 aromatic heterocycles. The highest BCUT2D eigenvalue weighted by Crippen LogP contribution is 2.27. The molecule has 164 valence electrons. The second-order valence-corrected chi connectivity index (χ2v) is 7.76. The molecule has 0 atom stereocenters. The van der Waals surface area contributed by atoms with E-state index in [0.29, 0.717) is 18.7 Å². The summed E-state index contributed by atoms with van der Waals surface area (Å²) in [5.41, 5.74) is 2.89. The topological polar surface area (TPSA) is 83.6 Å². The van der Waals surface area contributed by atoms with Crippen molar-refractivity contribution in [3.63, 3.8) is 0 Å². The average Bonchev–Trinajstić information content (AvgIpc) is 3.13. The number of thiazole rings is 1. The molecular formula is C22H29ClN2O4S. The van der Waals surface area contributed by atoms with Crippen LogP contribution in [0.4, 0.5) is 0 Å². The fraction of sp³-hybridized carbons (Fsp3) is 0.409. The third-order valence-corrected chi connectivity index (χ3v) is 5.55. The Hall–Kier alpha value is -1.90. The van der Waals surface area contributed by atoms with Crippen molar-refractivity contribution in [3.8, 4) is 5.75 Å². The molecule has 0 aliphatic heterocycles. The third kappa shape index (κ3) is 7.74. The van der Waals surface area contributed by atoms with Crippen LogP contribution < -0.4 is 10.2 Å². The van der Waals surface area contributed by atoms with Gasteiger partial charge in [0.2, 0.25) is 0 Å². The van der Waals surface area contributed by atoms with E-state index in [4.69, 9.17) is 9.47 Å². The summed E-state index contributed by atoms with van der Waals surface area (Å²) in [4.78, 5) is 14.1. The lowest BCUT2D eigenvalue weighted by molar-refractivity contribution is 0.0850. The average molecular weight is 453 g/mol. The zero-order valence-corrected chi connectivity index (χ0v) is 18.5. The number of hydrogen-bond acceptors (Lipinski definition) is 6. The van der Waals surface area contributed by atoms with Gasteiger partial charge in [-0.1, -0.05) is 47.7 Å². The molecule has 0 aliphatic carbocycles. The molecule has 0 unspecified atom stereocenters. The van der Waals surface area contributed by atoms with Gasteiger partial charge < -0.3 is 24.9 Å². The van der Waals surface area contributed by atoms with Crippen LogP contribution in [0.5, 0.6) is 5.75 Å². The largest absolute Gasteiger partial charge is 0.506 e. The van der Waals surface area contributed by atoms with Gasteiger partial charge in [-0.15, -0.1) is 12.4 Å². The Balaban J connectivity index is 0.00000320. The molecular weight excluding hydrogens is 424 g/mol. The maximum absolute atomic E-state index is 11.5. The predicted molar refractivity (Wildman–Crippen MR) is 124 cm³/mol. The number of aromatic amines is 1. The molecule has 0 aliphatic rings. The van der Waals surface area contributed by atoms with Crippen LogP contribution in [0, 0.1) is 0 Å². The van der Waals surface area contributed by atoms with Crippen molar-refractivity contribution in [2.45, 2.75) is 19.3 Å². The Labute approximate surface area is 186 Å². The van der Waals surface area contributed by atoms with Gasteiger partial charge in [0.15, 0.2) is 0 Å². The summed E-state index contributed by atoms with van der Waals surface area (Å²) in [6, 6.07) is 13.8. The van der Waals surface area contributed by atoms with E-state index in [2.05, 4.69) is 22.4 Å². The van der Waals surface area contributed by atoms with Crippen LogP contribution in [0.25, 0.3) is 10.2 Å². The lowest BCUT2D eigenvalue weighted by atomic mass is 10.1. The first-order valence-electron chi connectivity index (χ1n) is 9.98. The normalized spacial score (nSPS) is 10.9. The molecule has 8 heteroatoms. The number of phenols is 1. The van der Waals surface area contributed by atoms with E-state index in [9.17, 15) is 9.90 Å². The first-order chi connectivity index (χ1) is 14.2. The quantitative estimate of drug-likeness (QED) is 0.345. The van der Waals surface area contributed by atoms with Crippen LogP contribution in [0.1, 0.15) is 17.5 Å². The van der Waals surface area contributed by atoms with Crippen LogP contribution >= 0.6 is 23.7 Å². The van der Waals surface area contributed by atoms with Crippen molar-refractivity contribution in [3.05, 3.63) is 63.3 Å². The van der Waals surface area contributed by atoms with E-state index in [1.165, 1.54) is 5.56 Å². The summed E-state index contributed by atoms with van der Waals surface area (Å²) in [6.07, 6.45) is 2.63. The Morgan fingerprint density at radius 2 is 1.70 bits per heavy atom. The minimum absolute atomic E-state index is 0. The first-order valence-corrected chi connectivity index (χ1v) is 10.8. The van der Waals surface area contributed by atoms with Crippen LogP contribution in [0.2, 0.25) is 0 Å². The molecule has 0 radical (unpaired) electrons. The number of halogens is 1. The van der Waals surface area contributed by atoms with Crippen molar-refractivity contribution in [1.82, 2.24) is 10.3 Å². The van der Waals surface area contributed by atoms with E-state index < -0.39 is 0 Å². The fourth-order valence-corrected chi connectivity index (χ4v) is 3.96. The van der Waals surface area contributed by atoms with Crippen LogP contribution in [0.3, 0.4) is 0 Å². The lowest BCUT2D eigenvalue weighted by Gasteiger charge is -2.08. The zero-order chi connectivity index (χ0) is 20.3. The molecule has 1 heterocycles. The number of hydrogen-bond donors (Lipinski definition) is 3. The summed E-state index contributed by atoms with van der Waals surface area (Å²) in [5.74, 6) is 0.118. The minimum atomic E-state index is -0.145. The van der Waals surface area contributed by atoms with Crippen LogP contribution in [-0.2, 0) is 22.3 Å². The molecule has 3 aromatic rings. The van der Waals surface area contributed by atoms with Crippen molar-refractivity contribution in [2.24, 2.45) is 0 Å². The van der Waals surface area contributed by atoms with Gasteiger partial charge in [-0.05, 0) is 43.0 Å². The molecule has 0 saturated heterocycles. The van der Waals surface area contributed by atoms with Gasteiger partial charge in [-0.3, -0.25) is 4.79 Å². The molecule has 3 rings (SSSR count). The second-order valence-electron chi connectivity index (χ2n) is 6.78. The van der Waals surface area contributed by atoms with Crippen molar-refractivity contribution < 1.29 is 14.6 Å². The van der Waals surface area contributed by atoms with Gasteiger partial charge in [-0.25, -0.2) is 0 Å². The van der Waals surface area contributed by atoms with Crippen molar-refractivity contribution >= 4 is 34.0 Å². The molecule has 2 aromatic carbocycles. The number of aromatic nitrogens is 1.